The third-order valence-corrected chi connectivity index (χ3v) is 4.65. The number of anilines is 1. The number of halogens is 1. The van der Waals surface area contributed by atoms with Crippen LogP contribution in [0.25, 0.3) is 11.0 Å². The van der Waals surface area contributed by atoms with Crippen molar-refractivity contribution in [2.24, 2.45) is 0 Å². The molecular weight excluding hydrogens is 339 g/mol. The summed E-state index contributed by atoms with van der Waals surface area (Å²) in [6.45, 7) is 0. The molecule has 1 aliphatic rings. The minimum Gasteiger partial charge on any atom is -0.464 e. The molecule has 0 saturated heterocycles. The van der Waals surface area contributed by atoms with Gasteiger partial charge in [0.15, 0.2) is 0 Å². The average Bonchev–Trinajstić information content (AvgIpc) is 3.21. The van der Waals surface area contributed by atoms with Crippen LogP contribution >= 0.6 is 0 Å². The van der Waals surface area contributed by atoms with Gasteiger partial charge in [0.1, 0.15) is 5.58 Å². The minimum atomic E-state index is -0.942. The third-order valence-electron chi connectivity index (χ3n) is 4.65. The van der Waals surface area contributed by atoms with Crippen molar-refractivity contribution in [2.75, 3.05) is 5.32 Å². The topological polar surface area (TPSA) is 85.4 Å². The molecule has 0 bridgehead atoms. The zero-order chi connectivity index (χ0) is 18.3. The standard InChI is InChI=1S/C19H15FN2O4/c20-16-5-4-14(9-17(16)22(24)25)21-19(23)8-13-10-26-18-7-12-3-1-2-11(12)6-15(13)18/h4-7,9-10H,1-3,8H2,(H,21,23). The predicted octanol–water partition coefficient (Wildman–Crippen LogP) is 4.15. The molecule has 4 rings (SSSR count). The fraction of sp³-hybridized carbons (Fsp3) is 0.211. The normalized spacial score (nSPS) is 13.0. The molecule has 6 nitrogen and oxygen atoms in total. The minimum absolute atomic E-state index is 0.0664. The number of nitro benzene ring substituents is 1. The number of carbonyl (C=O) groups is 1. The number of rotatable bonds is 4. The first kappa shape index (κ1) is 16.3. The van der Waals surface area contributed by atoms with Gasteiger partial charge >= 0.3 is 5.69 Å². The van der Waals surface area contributed by atoms with Crippen LogP contribution in [0.5, 0.6) is 0 Å². The van der Waals surface area contributed by atoms with Gasteiger partial charge in [0.05, 0.1) is 17.6 Å². The molecule has 0 aliphatic heterocycles. The van der Waals surface area contributed by atoms with Gasteiger partial charge in [0.25, 0.3) is 0 Å². The van der Waals surface area contributed by atoms with Crippen LogP contribution in [0.2, 0.25) is 0 Å². The predicted molar refractivity (Wildman–Crippen MR) is 93.6 cm³/mol. The van der Waals surface area contributed by atoms with Gasteiger partial charge in [0, 0.05) is 22.7 Å². The van der Waals surface area contributed by atoms with E-state index in [0.717, 1.165) is 47.9 Å². The first-order chi connectivity index (χ1) is 12.5. The fourth-order valence-electron chi connectivity index (χ4n) is 3.39. The summed E-state index contributed by atoms with van der Waals surface area (Å²) in [5.74, 6) is -1.29. The Morgan fingerprint density at radius 2 is 2.00 bits per heavy atom. The molecule has 3 aromatic rings. The maximum Gasteiger partial charge on any atom is 0.306 e. The van der Waals surface area contributed by atoms with Gasteiger partial charge in [-0.2, -0.15) is 4.39 Å². The zero-order valence-corrected chi connectivity index (χ0v) is 13.8. The zero-order valence-electron chi connectivity index (χ0n) is 13.8. The van der Waals surface area contributed by atoms with Crippen LogP contribution in [-0.2, 0) is 24.1 Å². The Kier molecular flexibility index (Phi) is 3.91. The van der Waals surface area contributed by atoms with Crippen LogP contribution < -0.4 is 5.32 Å². The summed E-state index contributed by atoms with van der Waals surface area (Å²) < 4.78 is 19.0. The number of aryl methyl sites for hydroxylation is 2. The van der Waals surface area contributed by atoms with Crippen molar-refractivity contribution in [3.63, 3.8) is 0 Å². The number of fused-ring (bicyclic) bond motifs is 2. The number of hydrogen-bond donors (Lipinski definition) is 1. The third kappa shape index (κ3) is 2.92. The van der Waals surface area contributed by atoms with Gasteiger partial charge in [-0.3, -0.25) is 14.9 Å². The number of amides is 1. The summed E-state index contributed by atoms with van der Waals surface area (Å²) >= 11 is 0. The number of benzene rings is 2. The highest BCUT2D eigenvalue weighted by atomic mass is 19.1. The molecule has 2 aromatic carbocycles. The molecule has 0 unspecified atom stereocenters. The van der Waals surface area contributed by atoms with Crippen LogP contribution in [-0.4, -0.2) is 10.8 Å². The van der Waals surface area contributed by atoms with E-state index in [2.05, 4.69) is 11.4 Å². The molecule has 7 heteroatoms. The van der Waals surface area contributed by atoms with E-state index in [1.807, 2.05) is 6.07 Å². The number of carbonyl (C=O) groups excluding carboxylic acids is 1. The molecule has 1 aliphatic carbocycles. The maximum absolute atomic E-state index is 13.4. The number of nitrogens with zero attached hydrogens (tertiary/aromatic N) is 1. The highest BCUT2D eigenvalue weighted by Crippen LogP contribution is 2.30. The van der Waals surface area contributed by atoms with Gasteiger partial charge < -0.3 is 9.73 Å². The lowest BCUT2D eigenvalue weighted by Gasteiger charge is -2.05. The maximum atomic E-state index is 13.4. The Balaban J connectivity index is 1.55. The quantitative estimate of drug-likeness (QED) is 0.563. The highest BCUT2D eigenvalue weighted by molar-refractivity contribution is 5.95. The van der Waals surface area contributed by atoms with Crippen LogP contribution in [0.4, 0.5) is 15.8 Å². The lowest BCUT2D eigenvalue weighted by molar-refractivity contribution is -0.387. The largest absolute Gasteiger partial charge is 0.464 e. The van der Waals surface area contributed by atoms with E-state index in [-0.39, 0.29) is 18.0 Å². The molecule has 0 spiro atoms. The number of nitrogens with one attached hydrogen (secondary N) is 1. The van der Waals surface area contributed by atoms with Crippen LogP contribution in [0, 0.1) is 15.9 Å². The summed E-state index contributed by atoms with van der Waals surface area (Å²) in [4.78, 5) is 22.3. The van der Waals surface area contributed by atoms with Gasteiger partial charge in [-0.15, -0.1) is 0 Å². The van der Waals surface area contributed by atoms with Crippen LogP contribution in [0.15, 0.2) is 41.0 Å². The van der Waals surface area contributed by atoms with Crippen molar-refractivity contribution in [1.82, 2.24) is 0 Å². The van der Waals surface area contributed by atoms with Crippen molar-refractivity contribution in [3.05, 3.63) is 69.2 Å². The Labute approximate surface area is 147 Å². The second kappa shape index (κ2) is 6.25. The van der Waals surface area contributed by atoms with E-state index >= 15 is 0 Å². The van der Waals surface area contributed by atoms with Crippen LogP contribution in [0.1, 0.15) is 23.1 Å². The second-order valence-electron chi connectivity index (χ2n) is 6.38. The molecule has 1 N–H and O–H groups in total. The van der Waals surface area contributed by atoms with Crippen molar-refractivity contribution in [1.29, 1.82) is 0 Å². The number of furan rings is 1. The molecule has 1 aromatic heterocycles. The second-order valence-corrected chi connectivity index (χ2v) is 6.38. The van der Waals surface area contributed by atoms with E-state index in [1.165, 1.54) is 17.2 Å². The smallest absolute Gasteiger partial charge is 0.306 e. The molecule has 0 radical (unpaired) electrons. The fourth-order valence-corrected chi connectivity index (χ4v) is 3.39. The monoisotopic (exact) mass is 354 g/mol. The molecule has 1 amide bonds. The first-order valence-corrected chi connectivity index (χ1v) is 8.27. The summed E-state index contributed by atoms with van der Waals surface area (Å²) in [6.07, 6.45) is 4.83. The summed E-state index contributed by atoms with van der Waals surface area (Å²) in [7, 11) is 0. The molecule has 26 heavy (non-hydrogen) atoms. The van der Waals surface area contributed by atoms with Gasteiger partial charge in [-0.25, -0.2) is 0 Å². The summed E-state index contributed by atoms with van der Waals surface area (Å²) in [6, 6.07) is 7.37. The number of nitro groups is 1. The molecule has 1 heterocycles. The van der Waals surface area contributed by atoms with E-state index in [9.17, 15) is 19.3 Å². The molecule has 0 saturated carbocycles. The van der Waals surface area contributed by atoms with Crippen molar-refractivity contribution in [2.45, 2.75) is 25.7 Å². The number of hydrogen-bond acceptors (Lipinski definition) is 4. The Bertz CT molecular complexity index is 1040. The molecule has 0 atom stereocenters. The molecule has 132 valence electrons. The van der Waals surface area contributed by atoms with E-state index in [1.54, 1.807) is 6.26 Å². The van der Waals surface area contributed by atoms with E-state index in [4.69, 9.17) is 4.42 Å². The van der Waals surface area contributed by atoms with Crippen molar-refractivity contribution >= 4 is 28.3 Å². The molecular formula is C19H15FN2O4. The molecule has 0 fully saturated rings. The highest BCUT2D eigenvalue weighted by Gasteiger charge is 2.18. The van der Waals surface area contributed by atoms with Crippen LogP contribution in [0.3, 0.4) is 0 Å². The average molecular weight is 354 g/mol. The van der Waals surface area contributed by atoms with E-state index < -0.39 is 16.4 Å². The SMILES string of the molecule is O=C(Cc1coc2cc3c(cc12)CCC3)Nc1ccc(F)c([N+](=O)[O-])c1. The van der Waals surface area contributed by atoms with Gasteiger partial charge in [-0.05, 0) is 54.7 Å². The summed E-state index contributed by atoms with van der Waals surface area (Å²) in [5, 5.41) is 14.3. The first-order valence-electron chi connectivity index (χ1n) is 8.27. The Morgan fingerprint density at radius 1 is 1.23 bits per heavy atom. The summed E-state index contributed by atoms with van der Waals surface area (Å²) in [5.41, 5.74) is 3.59. The van der Waals surface area contributed by atoms with Gasteiger partial charge in [0.2, 0.25) is 11.7 Å². The van der Waals surface area contributed by atoms with Gasteiger partial charge in [-0.1, -0.05) is 0 Å². The lowest BCUT2D eigenvalue weighted by Crippen LogP contribution is -2.14. The Hall–Kier alpha value is -3.22. The van der Waals surface area contributed by atoms with Crippen molar-refractivity contribution < 1.29 is 18.5 Å². The van der Waals surface area contributed by atoms with Crippen molar-refractivity contribution in [3.8, 4) is 0 Å². The van der Waals surface area contributed by atoms with E-state index in [0.29, 0.717) is 0 Å². The Morgan fingerprint density at radius 3 is 2.77 bits per heavy atom. The lowest BCUT2D eigenvalue weighted by atomic mass is 10.0.